The number of aryl methyl sites for hydroxylation is 2. The third-order valence-electron chi connectivity index (χ3n) is 6.70. The first-order valence-electron chi connectivity index (χ1n) is 13.2. The van der Waals surface area contributed by atoms with E-state index in [9.17, 15) is 39.5 Å². The van der Waals surface area contributed by atoms with Crippen molar-refractivity contribution in [2.75, 3.05) is 33.3 Å². The molecule has 2 aromatic heterocycles. The van der Waals surface area contributed by atoms with Gasteiger partial charge in [-0.15, -0.1) is 0 Å². The summed E-state index contributed by atoms with van der Waals surface area (Å²) in [6, 6.07) is 8.03. The molecule has 0 amide bonds. The van der Waals surface area contributed by atoms with Gasteiger partial charge < -0.3 is 20.1 Å². The molecule has 12 nitrogen and oxygen atoms in total. The lowest BCUT2D eigenvalue weighted by Gasteiger charge is -2.58. The highest BCUT2D eigenvalue weighted by Crippen LogP contribution is 2.39. The fourth-order valence-corrected chi connectivity index (χ4v) is 4.50. The standard InChI is InChI=1S/C20H29N5O.3C2HF3O2/c1-16-10-18(24(3)22-16)12-25-14-20(15-25)11-17(7-9-23(20)2)13-26-19-6-4-5-8-21-19;3*3-2(4,5)1(6)7/h4-6,8,10,17H,7,9,11-15H2,1-3H3;3*(H,6,7). The van der Waals surface area contributed by atoms with Gasteiger partial charge in [-0.2, -0.15) is 44.6 Å². The number of nitrogens with zero attached hydrogens (tertiary/aromatic N) is 5. The molecule has 4 heterocycles. The van der Waals surface area contributed by atoms with Crippen LogP contribution in [0.1, 0.15) is 24.2 Å². The Labute approximate surface area is 261 Å². The minimum Gasteiger partial charge on any atom is -0.477 e. The van der Waals surface area contributed by atoms with E-state index >= 15 is 0 Å². The van der Waals surface area contributed by atoms with Gasteiger partial charge >= 0.3 is 36.4 Å². The van der Waals surface area contributed by atoms with Crippen molar-refractivity contribution in [1.82, 2.24) is 24.6 Å². The fourth-order valence-electron chi connectivity index (χ4n) is 4.50. The Morgan fingerprint density at radius 2 is 1.40 bits per heavy atom. The SMILES string of the molecule is Cc1cc(CN2CC3(CC(COc4ccccn4)CCN3C)C2)n(C)n1.O=C(O)C(F)(F)F.O=C(O)C(F)(F)F.O=C(O)C(F)(F)F. The van der Waals surface area contributed by atoms with E-state index < -0.39 is 36.4 Å². The van der Waals surface area contributed by atoms with Crippen molar-refractivity contribution in [2.24, 2.45) is 13.0 Å². The summed E-state index contributed by atoms with van der Waals surface area (Å²) in [5.74, 6) is -6.93. The van der Waals surface area contributed by atoms with Gasteiger partial charge in [0.1, 0.15) is 0 Å². The lowest BCUT2D eigenvalue weighted by molar-refractivity contribution is -0.193. The number of piperidine rings is 1. The van der Waals surface area contributed by atoms with Gasteiger partial charge in [0.05, 0.1) is 18.0 Å². The van der Waals surface area contributed by atoms with Crippen molar-refractivity contribution in [1.29, 1.82) is 0 Å². The van der Waals surface area contributed by atoms with E-state index in [4.69, 9.17) is 34.4 Å². The zero-order valence-corrected chi connectivity index (χ0v) is 25.0. The Morgan fingerprint density at radius 3 is 1.79 bits per heavy atom. The van der Waals surface area contributed by atoms with Crippen LogP contribution < -0.4 is 4.74 Å². The fraction of sp³-hybridized carbons (Fsp3) is 0.577. The molecule has 266 valence electrons. The molecule has 1 spiro atoms. The van der Waals surface area contributed by atoms with E-state index in [1.807, 2.05) is 29.9 Å². The maximum atomic E-state index is 10.6. The highest BCUT2D eigenvalue weighted by atomic mass is 19.4. The molecule has 0 saturated carbocycles. The number of carboxylic acid groups (broad SMARTS) is 3. The molecule has 1 unspecified atom stereocenters. The third kappa shape index (κ3) is 14.0. The molecular formula is C26H32F9N5O7. The van der Waals surface area contributed by atoms with E-state index in [1.165, 1.54) is 18.5 Å². The van der Waals surface area contributed by atoms with Crippen LogP contribution in [-0.2, 0) is 28.0 Å². The van der Waals surface area contributed by atoms with Gasteiger partial charge in [0.2, 0.25) is 5.88 Å². The number of aliphatic carboxylic acids is 3. The van der Waals surface area contributed by atoms with Crippen LogP contribution >= 0.6 is 0 Å². The number of alkyl halides is 9. The van der Waals surface area contributed by atoms with Crippen LogP contribution in [0.4, 0.5) is 39.5 Å². The average molecular weight is 698 g/mol. The van der Waals surface area contributed by atoms with Gasteiger partial charge in [0.15, 0.2) is 0 Å². The number of aromatic nitrogens is 3. The minimum absolute atomic E-state index is 0.310. The normalized spacial score (nSPS) is 17.8. The predicted octanol–water partition coefficient (Wildman–Crippen LogP) is 4.00. The van der Waals surface area contributed by atoms with Gasteiger partial charge in [-0.05, 0) is 51.4 Å². The summed E-state index contributed by atoms with van der Waals surface area (Å²) in [4.78, 5) is 36.1. The zero-order chi connectivity index (χ0) is 36.4. The van der Waals surface area contributed by atoms with Gasteiger partial charge in [0, 0.05) is 44.5 Å². The van der Waals surface area contributed by atoms with E-state index in [0.717, 1.165) is 44.4 Å². The quantitative estimate of drug-likeness (QED) is 0.388. The van der Waals surface area contributed by atoms with E-state index in [-0.39, 0.29) is 0 Å². The number of hydrogen-bond acceptors (Lipinski definition) is 8. The Balaban J connectivity index is 0.000000430. The number of carboxylic acids is 3. The highest BCUT2D eigenvalue weighted by molar-refractivity contribution is 5.73. The molecule has 3 N–H and O–H groups in total. The molecule has 0 aromatic carbocycles. The molecule has 2 saturated heterocycles. The number of hydrogen-bond donors (Lipinski definition) is 3. The van der Waals surface area contributed by atoms with Crippen molar-refractivity contribution in [2.45, 2.75) is 50.4 Å². The van der Waals surface area contributed by atoms with Crippen LogP contribution in [0.25, 0.3) is 0 Å². The van der Waals surface area contributed by atoms with Crippen molar-refractivity contribution in [3.63, 3.8) is 0 Å². The second kappa shape index (κ2) is 16.6. The summed E-state index contributed by atoms with van der Waals surface area (Å²) < 4.78 is 103. The molecular weight excluding hydrogens is 665 g/mol. The van der Waals surface area contributed by atoms with Gasteiger partial charge in [0.25, 0.3) is 0 Å². The van der Waals surface area contributed by atoms with Crippen LogP contribution in [0.2, 0.25) is 0 Å². The number of carbonyl (C=O) groups is 3. The first kappa shape index (κ1) is 40.9. The number of ether oxygens (including phenoxy) is 1. The summed E-state index contributed by atoms with van der Waals surface area (Å²) in [5, 5.41) is 25.8. The Hall–Kier alpha value is -4.14. The maximum absolute atomic E-state index is 10.6. The second-order valence-electron chi connectivity index (χ2n) is 10.4. The van der Waals surface area contributed by atoms with Crippen LogP contribution in [0.3, 0.4) is 0 Å². The summed E-state index contributed by atoms with van der Waals surface area (Å²) in [6.07, 6.45) is -11.1. The molecule has 0 radical (unpaired) electrons. The topological polar surface area (TPSA) is 158 Å². The van der Waals surface area contributed by atoms with Gasteiger partial charge in [-0.3, -0.25) is 14.5 Å². The van der Waals surface area contributed by atoms with Crippen LogP contribution in [0.5, 0.6) is 5.88 Å². The Bertz CT molecular complexity index is 1260. The highest BCUT2D eigenvalue weighted by Gasteiger charge is 2.49. The first-order valence-corrected chi connectivity index (χ1v) is 13.2. The number of likely N-dealkylation sites (N-methyl/N-ethyl adjacent to an activating group) is 1. The van der Waals surface area contributed by atoms with E-state index in [2.05, 4.69) is 39.9 Å². The largest absolute Gasteiger partial charge is 0.490 e. The summed E-state index contributed by atoms with van der Waals surface area (Å²) in [6.45, 7) is 7.23. The Kier molecular flexibility index (Phi) is 14.5. The molecule has 2 aromatic rings. The summed E-state index contributed by atoms with van der Waals surface area (Å²) in [5.41, 5.74) is 2.70. The molecule has 0 aliphatic carbocycles. The smallest absolute Gasteiger partial charge is 0.477 e. The lowest BCUT2D eigenvalue weighted by Crippen LogP contribution is -2.71. The minimum atomic E-state index is -5.08. The second-order valence-corrected chi connectivity index (χ2v) is 10.4. The van der Waals surface area contributed by atoms with Crippen molar-refractivity contribution in [3.05, 3.63) is 41.9 Å². The summed E-state index contributed by atoms with van der Waals surface area (Å²) >= 11 is 0. The van der Waals surface area contributed by atoms with E-state index in [1.54, 1.807) is 6.20 Å². The van der Waals surface area contributed by atoms with Crippen LogP contribution in [0.15, 0.2) is 30.5 Å². The first-order chi connectivity index (χ1) is 21.4. The molecule has 4 rings (SSSR count). The number of halogens is 9. The maximum Gasteiger partial charge on any atom is 0.490 e. The average Bonchev–Trinajstić information content (AvgIpc) is 3.24. The van der Waals surface area contributed by atoms with Gasteiger partial charge in [-0.25, -0.2) is 19.4 Å². The Morgan fingerprint density at radius 1 is 0.915 bits per heavy atom. The number of likely N-dealkylation sites (tertiary alicyclic amines) is 2. The molecule has 2 fully saturated rings. The van der Waals surface area contributed by atoms with Crippen molar-refractivity contribution < 1.29 is 74.0 Å². The van der Waals surface area contributed by atoms with Crippen LogP contribution in [0, 0.1) is 12.8 Å². The molecule has 1 atom stereocenters. The lowest BCUT2D eigenvalue weighted by atomic mass is 9.75. The third-order valence-corrected chi connectivity index (χ3v) is 6.70. The molecule has 0 bridgehead atoms. The van der Waals surface area contributed by atoms with E-state index in [0.29, 0.717) is 11.5 Å². The van der Waals surface area contributed by atoms with Crippen LogP contribution in [-0.4, -0.2) is 115 Å². The molecule has 47 heavy (non-hydrogen) atoms. The molecule has 2 aliphatic heterocycles. The number of pyridine rings is 1. The monoisotopic (exact) mass is 697 g/mol. The molecule has 2 aliphatic rings. The zero-order valence-electron chi connectivity index (χ0n) is 25.0. The summed E-state index contributed by atoms with van der Waals surface area (Å²) in [7, 11) is 4.32. The van der Waals surface area contributed by atoms with Crippen molar-refractivity contribution in [3.8, 4) is 5.88 Å². The van der Waals surface area contributed by atoms with Gasteiger partial charge in [-0.1, -0.05) is 6.07 Å². The molecule has 21 heteroatoms. The predicted molar refractivity (Wildman–Crippen MR) is 142 cm³/mol. The van der Waals surface area contributed by atoms with Crippen molar-refractivity contribution >= 4 is 17.9 Å². The number of rotatable bonds is 5.